The highest BCUT2D eigenvalue weighted by molar-refractivity contribution is 9.10. The lowest BCUT2D eigenvalue weighted by atomic mass is 9.98. The predicted molar refractivity (Wildman–Crippen MR) is 127 cm³/mol. The minimum atomic E-state index is 0.00162. The van der Waals surface area contributed by atoms with Gasteiger partial charge in [-0.2, -0.15) is 0 Å². The van der Waals surface area contributed by atoms with E-state index in [1.54, 1.807) is 0 Å². The van der Waals surface area contributed by atoms with Gasteiger partial charge in [-0.25, -0.2) is 5.01 Å². The quantitative estimate of drug-likeness (QED) is 0.357. The van der Waals surface area contributed by atoms with Crippen LogP contribution in [0, 0.1) is 0 Å². The van der Waals surface area contributed by atoms with Gasteiger partial charge in [-0.3, -0.25) is 10.2 Å². The average molecular weight is 486 g/mol. The molecule has 0 aliphatic rings. The summed E-state index contributed by atoms with van der Waals surface area (Å²) < 4.78 is 1.02. The normalized spacial score (nSPS) is 12.0. The molecule has 0 bridgehead atoms. The second-order valence-electron chi connectivity index (χ2n) is 7.39. The van der Waals surface area contributed by atoms with Crippen LogP contribution in [0.3, 0.4) is 0 Å². The van der Waals surface area contributed by atoms with Gasteiger partial charge in [0.25, 0.3) is 0 Å². The number of nitrogens with zero attached hydrogens (tertiary/aromatic N) is 1. The molecule has 0 aromatic heterocycles. The van der Waals surface area contributed by atoms with Crippen LogP contribution in [0.2, 0.25) is 5.02 Å². The number of hydrazine groups is 1. The molecule has 1 amide bonds. The van der Waals surface area contributed by atoms with E-state index in [1.807, 2.05) is 66.7 Å². The number of hydrogen-bond donors (Lipinski definition) is 1. The minimum Gasteiger partial charge on any atom is -0.289 e. The summed E-state index contributed by atoms with van der Waals surface area (Å²) in [5.41, 5.74) is 6.62. The van der Waals surface area contributed by atoms with Crippen LogP contribution in [-0.4, -0.2) is 18.0 Å². The molecule has 156 valence electrons. The minimum absolute atomic E-state index is 0.00162. The maximum absolute atomic E-state index is 12.6. The van der Waals surface area contributed by atoms with Crippen LogP contribution in [0.25, 0.3) is 0 Å². The number of aryl methyl sites for hydroxylation is 1. The Morgan fingerprint density at radius 1 is 1.00 bits per heavy atom. The Bertz CT molecular complexity index is 947. The molecular formula is C25H26BrClN2O. The maximum atomic E-state index is 12.6. The molecule has 0 radical (unpaired) electrons. The van der Waals surface area contributed by atoms with Gasteiger partial charge in [0.15, 0.2) is 0 Å². The van der Waals surface area contributed by atoms with E-state index in [0.717, 1.165) is 39.9 Å². The van der Waals surface area contributed by atoms with Crippen molar-refractivity contribution in [2.24, 2.45) is 0 Å². The smallest absolute Gasteiger partial charge is 0.234 e. The van der Waals surface area contributed by atoms with Gasteiger partial charge in [0.1, 0.15) is 0 Å². The highest BCUT2D eigenvalue weighted by Crippen LogP contribution is 2.26. The summed E-state index contributed by atoms with van der Waals surface area (Å²) in [5, 5.41) is 2.64. The van der Waals surface area contributed by atoms with E-state index in [2.05, 4.69) is 45.6 Å². The molecule has 1 N–H and O–H groups in total. The number of carbonyl (C=O) groups is 1. The summed E-state index contributed by atoms with van der Waals surface area (Å²) in [6.07, 6.45) is 2.97. The molecule has 1 unspecified atom stereocenters. The Kier molecular flexibility index (Phi) is 8.50. The first-order valence-corrected chi connectivity index (χ1v) is 11.2. The molecule has 0 aliphatic heterocycles. The van der Waals surface area contributed by atoms with Crippen molar-refractivity contribution in [3.8, 4) is 0 Å². The lowest BCUT2D eigenvalue weighted by molar-refractivity contribution is -0.126. The Labute approximate surface area is 192 Å². The Morgan fingerprint density at radius 2 is 1.73 bits per heavy atom. The van der Waals surface area contributed by atoms with E-state index in [-0.39, 0.29) is 11.9 Å². The highest BCUT2D eigenvalue weighted by atomic mass is 79.9. The number of carbonyl (C=O) groups excluding carboxylic acids is 1. The second kappa shape index (κ2) is 11.3. The van der Waals surface area contributed by atoms with Gasteiger partial charge >= 0.3 is 0 Å². The predicted octanol–water partition coefficient (Wildman–Crippen LogP) is 6.37. The standard InChI is InChI=1S/C25H26BrClN2O/c1-29(28-25(30)12-5-9-19-7-3-2-4-8-19)24(21-10-6-11-22(26)18-21)17-20-13-15-23(27)16-14-20/h2-4,6-8,10-11,13-16,18,24H,5,9,12,17H2,1H3,(H,28,30). The third kappa shape index (κ3) is 6.98. The van der Waals surface area contributed by atoms with Crippen LogP contribution in [0.5, 0.6) is 0 Å². The van der Waals surface area contributed by atoms with Gasteiger partial charge in [0.2, 0.25) is 5.91 Å². The summed E-state index contributed by atoms with van der Waals surface area (Å²) in [7, 11) is 1.93. The number of hydrogen-bond acceptors (Lipinski definition) is 2. The van der Waals surface area contributed by atoms with Crippen molar-refractivity contribution in [1.82, 2.24) is 10.4 Å². The Hall–Kier alpha value is -2.14. The van der Waals surface area contributed by atoms with Gasteiger partial charge in [-0.1, -0.05) is 82.1 Å². The zero-order chi connectivity index (χ0) is 21.3. The molecule has 0 fully saturated rings. The first kappa shape index (κ1) is 22.5. The van der Waals surface area contributed by atoms with Crippen molar-refractivity contribution in [2.75, 3.05) is 7.05 Å². The van der Waals surface area contributed by atoms with Gasteiger partial charge in [-0.05, 0) is 60.2 Å². The van der Waals surface area contributed by atoms with E-state index >= 15 is 0 Å². The fraction of sp³-hybridized carbons (Fsp3) is 0.240. The summed E-state index contributed by atoms with van der Waals surface area (Å²) >= 11 is 9.59. The highest BCUT2D eigenvalue weighted by Gasteiger charge is 2.20. The summed E-state index contributed by atoms with van der Waals surface area (Å²) in [6, 6.07) is 26.3. The van der Waals surface area contributed by atoms with Crippen molar-refractivity contribution < 1.29 is 4.79 Å². The lowest BCUT2D eigenvalue weighted by Gasteiger charge is -2.29. The van der Waals surface area contributed by atoms with Crippen LogP contribution in [0.4, 0.5) is 0 Å². The third-order valence-electron chi connectivity index (χ3n) is 5.06. The second-order valence-corrected chi connectivity index (χ2v) is 8.74. The fourth-order valence-electron chi connectivity index (χ4n) is 3.46. The average Bonchev–Trinajstić information content (AvgIpc) is 2.74. The Balaban J connectivity index is 1.64. The number of benzene rings is 3. The molecular weight excluding hydrogens is 460 g/mol. The summed E-state index contributed by atoms with van der Waals surface area (Å²) in [6.45, 7) is 0. The number of halogens is 2. The first-order chi connectivity index (χ1) is 14.5. The molecule has 3 aromatic carbocycles. The topological polar surface area (TPSA) is 32.3 Å². The van der Waals surface area contributed by atoms with Crippen molar-refractivity contribution in [3.05, 3.63) is 105 Å². The monoisotopic (exact) mass is 484 g/mol. The molecule has 0 heterocycles. The first-order valence-electron chi connectivity index (χ1n) is 10.1. The van der Waals surface area contributed by atoms with E-state index in [9.17, 15) is 4.79 Å². The van der Waals surface area contributed by atoms with Crippen molar-refractivity contribution in [3.63, 3.8) is 0 Å². The zero-order valence-corrected chi connectivity index (χ0v) is 19.4. The lowest BCUT2D eigenvalue weighted by Crippen LogP contribution is -2.42. The van der Waals surface area contributed by atoms with Crippen LogP contribution >= 0.6 is 27.5 Å². The number of nitrogens with one attached hydrogen (secondary N) is 1. The van der Waals surface area contributed by atoms with Crippen LogP contribution in [-0.2, 0) is 17.6 Å². The van der Waals surface area contributed by atoms with Crippen molar-refractivity contribution in [2.45, 2.75) is 31.7 Å². The van der Waals surface area contributed by atoms with Gasteiger partial charge in [0.05, 0.1) is 6.04 Å². The maximum Gasteiger partial charge on any atom is 0.234 e. The van der Waals surface area contributed by atoms with E-state index in [0.29, 0.717) is 6.42 Å². The summed E-state index contributed by atoms with van der Waals surface area (Å²) in [4.78, 5) is 12.6. The van der Waals surface area contributed by atoms with Crippen molar-refractivity contribution >= 4 is 33.4 Å². The Morgan fingerprint density at radius 3 is 2.43 bits per heavy atom. The molecule has 0 aliphatic carbocycles. The molecule has 3 nitrogen and oxygen atoms in total. The zero-order valence-electron chi connectivity index (χ0n) is 17.0. The SMILES string of the molecule is CN(NC(=O)CCCc1ccccc1)C(Cc1ccc(Cl)cc1)c1cccc(Br)c1. The van der Waals surface area contributed by atoms with Crippen molar-refractivity contribution in [1.29, 1.82) is 0 Å². The largest absolute Gasteiger partial charge is 0.289 e. The summed E-state index contributed by atoms with van der Waals surface area (Å²) in [5.74, 6) is 0.0320. The molecule has 5 heteroatoms. The van der Waals surface area contributed by atoms with E-state index < -0.39 is 0 Å². The van der Waals surface area contributed by atoms with Gasteiger partial charge in [0, 0.05) is 23.0 Å². The number of rotatable bonds is 9. The molecule has 1 atom stereocenters. The molecule has 30 heavy (non-hydrogen) atoms. The molecule has 0 saturated heterocycles. The third-order valence-corrected chi connectivity index (χ3v) is 5.80. The van der Waals surface area contributed by atoms with Crippen LogP contribution in [0.1, 0.15) is 35.6 Å². The van der Waals surface area contributed by atoms with Crippen LogP contribution in [0.15, 0.2) is 83.3 Å². The number of amides is 1. The molecule has 3 aromatic rings. The molecule has 0 spiro atoms. The van der Waals surface area contributed by atoms with Gasteiger partial charge < -0.3 is 0 Å². The van der Waals surface area contributed by atoms with Gasteiger partial charge in [-0.15, -0.1) is 0 Å². The van der Waals surface area contributed by atoms with Crippen LogP contribution < -0.4 is 5.43 Å². The molecule has 3 rings (SSSR count). The van der Waals surface area contributed by atoms with E-state index in [1.165, 1.54) is 5.56 Å². The fourth-order valence-corrected chi connectivity index (χ4v) is 4.01. The van der Waals surface area contributed by atoms with E-state index in [4.69, 9.17) is 11.6 Å². The number of likely N-dealkylation sites (N-methyl/N-ethyl adjacent to an activating group) is 1. The molecule has 0 saturated carbocycles.